The molecule has 20 heavy (non-hydrogen) atoms. The van der Waals surface area contributed by atoms with Crippen molar-refractivity contribution in [1.82, 2.24) is 10.6 Å². The van der Waals surface area contributed by atoms with Gasteiger partial charge in [-0.1, -0.05) is 0 Å². The van der Waals surface area contributed by atoms with Crippen molar-refractivity contribution in [3.63, 3.8) is 0 Å². The summed E-state index contributed by atoms with van der Waals surface area (Å²) in [5, 5.41) is 15.4. The van der Waals surface area contributed by atoms with Crippen LogP contribution in [0, 0.1) is 5.82 Å². The number of halogens is 2. The maximum absolute atomic E-state index is 12.7. The SMILES string of the molecule is Cl.O=C(O)[C@@]1(CCOc2ccc(F)cc2)CNCCN1. The van der Waals surface area contributed by atoms with Crippen LogP contribution in [0.5, 0.6) is 5.75 Å². The zero-order valence-corrected chi connectivity index (χ0v) is 11.7. The molecule has 0 radical (unpaired) electrons. The van der Waals surface area contributed by atoms with Crippen LogP contribution in [0.25, 0.3) is 0 Å². The fourth-order valence-electron chi connectivity index (χ4n) is 2.06. The maximum Gasteiger partial charge on any atom is 0.325 e. The van der Waals surface area contributed by atoms with Gasteiger partial charge in [0.2, 0.25) is 0 Å². The molecule has 0 saturated carbocycles. The number of benzene rings is 1. The molecule has 3 N–H and O–H groups in total. The van der Waals surface area contributed by atoms with Crippen LogP contribution in [-0.2, 0) is 4.79 Å². The van der Waals surface area contributed by atoms with E-state index in [-0.39, 0.29) is 24.8 Å². The van der Waals surface area contributed by atoms with Crippen molar-refractivity contribution in [1.29, 1.82) is 0 Å². The lowest BCUT2D eigenvalue weighted by molar-refractivity contribution is -0.146. The van der Waals surface area contributed by atoms with Gasteiger partial charge in [-0.05, 0) is 24.3 Å². The largest absolute Gasteiger partial charge is 0.494 e. The van der Waals surface area contributed by atoms with Crippen LogP contribution < -0.4 is 15.4 Å². The first kappa shape index (κ1) is 16.7. The molecule has 1 aliphatic heterocycles. The summed E-state index contributed by atoms with van der Waals surface area (Å²) in [6.45, 7) is 2.00. The van der Waals surface area contributed by atoms with Gasteiger partial charge in [-0.25, -0.2) is 4.39 Å². The normalized spacial score (nSPS) is 21.9. The first-order valence-electron chi connectivity index (χ1n) is 6.20. The molecule has 1 atom stereocenters. The highest BCUT2D eigenvalue weighted by Crippen LogP contribution is 2.16. The van der Waals surface area contributed by atoms with E-state index >= 15 is 0 Å². The first-order chi connectivity index (χ1) is 9.12. The van der Waals surface area contributed by atoms with Crippen molar-refractivity contribution in [3.05, 3.63) is 30.1 Å². The Labute approximate surface area is 122 Å². The second-order valence-electron chi connectivity index (χ2n) is 4.54. The Kier molecular flexibility index (Phi) is 6.19. The van der Waals surface area contributed by atoms with E-state index in [0.29, 0.717) is 25.3 Å². The molecule has 0 aliphatic carbocycles. The van der Waals surface area contributed by atoms with E-state index in [0.717, 1.165) is 6.54 Å². The first-order valence-corrected chi connectivity index (χ1v) is 6.20. The van der Waals surface area contributed by atoms with Gasteiger partial charge in [0.25, 0.3) is 0 Å². The van der Waals surface area contributed by atoms with Gasteiger partial charge in [-0.15, -0.1) is 12.4 Å². The molecular formula is C13H18ClFN2O3. The number of aliphatic carboxylic acids is 1. The standard InChI is InChI=1S/C13H17FN2O3.ClH/c14-10-1-3-11(4-2-10)19-8-5-13(12(17)18)9-15-6-7-16-13;/h1-4,15-16H,5-9H2,(H,17,18);1H/t13-;/m1./s1. The van der Waals surface area contributed by atoms with E-state index in [2.05, 4.69) is 10.6 Å². The highest BCUT2D eigenvalue weighted by Gasteiger charge is 2.39. The Hall–Kier alpha value is -1.37. The Balaban J connectivity index is 0.00000200. The zero-order chi connectivity index (χ0) is 13.7. The highest BCUT2D eigenvalue weighted by atomic mass is 35.5. The molecule has 0 amide bonds. The van der Waals surface area contributed by atoms with Crippen LogP contribution in [0.15, 0.2) is 24.3 Å². The molecule has 5 nitrogen and oxygen atoms in total. The summed E-state index contributed by atoms with van der Waals surface area (Å²) >= 11 is 0. The molecule has 1 aromatic rings. The second-order valence-corrected chi connectivity index (χ2v) is 4.54. The predicted molar refractivity (Wildman–Crippen MR) is 75.0 cm³/mol. The molecule has 1 fully saturated rings. The van der Waals surface area contributed by atoms with Gasteiger partial charge in [-0.3, -0.25) is 10.1 Å². The lowest BCUT2D eigenvalue weighted by Crippen LogP contribution is -2.64. The Morgan fingerprint density at radius 1 is 1.35 bits per heavy atom. The Morgan fingerprint density at radius 3 is 2.60 bits per heavy atom. The molecular weight excluding hydrogens is 287 g/mol. The van der Waals surface area contributed by atoms with Crippen LogP contribution >= 0.6 is 12.4 Å². The molecule has 0 spiro atoms. The van der Waals surface area contributed by atoms with E-state index in [1.54, 1.807) is 0 Å². The number of ether oxygens (including phenoxy) is 1. The monoisotopic (exact) mass is 304 g/mol. The van der Waals surface area contributed by atoms with Crippen molar-refractivity contribution in [3.8, 4) is 5.75 Å². The minimum absolute atomic E-state index is 0. The number of carboxylic acid groups (broad SMARTS) is 1. The third-order valence-electron chi connectivity index (χ3n) is 3.21. The molecule has 2 rings (SSSR count). The van der Waals surface area contributed by atoms with Crippen molar-refractivity contribution in [2.24, 2.45) is 0 Å². The molecule has 1 heterocycles. The second kappa shape index (κ2) is 7.42. The molecule has 7 heteroatoms. The number of carbonyl (C=O) groups is 1. The van der Waals surface area contributed by atoms with Crippen LogP contribution in [0.4, 0.5) is 4.39 Å². The summed E-state index contributed by atoms with van der Waals surface area (Å²) in [4.78, 5) is 11.4. The van der Waals surface area contributed by atoms with Crippen molar-refractivity contribution in [2.45, 2.75) is 12.0 Å². The van der Waals surface area contributed by atoms with Crippen LogP contribution in [0.1, 0.15) is 6.42 Å². The van der Waals surface area contributed by atoms with Gasteiger partial charge >= 0.3 is 5.97 Å². The summed E-state index contributed by atoms with van der Waals surface area (Å²) in [7, 11) is 0. The lowest BCUT2D eigenvalue weighted by Gasteiger charge is -2.34. The van der Waals surface area contributed by atoms with Gasteiger partial charge in [0.05, 0.1) is 6.61 Å². The molecule has 1 aromatic carbocycles. The van der Waals surface area contributed by atoms with E-state index in [1.807, 2.05) is 0 Å². The Bertz CT molecular complexity index is 436. The topological polar surface area (TPSA) is 70.6 Å². The molecule has 112 valence electrons. The number of piperazine rings is 1. The number of nitrogens with one attached hydrogen (secondary N) is 2. The van der Waals surface area contributed by atoms with E-state index < -0.39 is 11.5 Å². The summed E-state index contributed by atoms with van der Waals surface area (Å²) < 4.78 is 18.2. The van der Waals surface area contributed by atoms with Gasteiger partial charge < -0.3 is 15.2 Å². The predicted octanol–water partition coefficient (Wildman–Crippen LogP) is 1.03. The van der Waals surface area contributed by atoms with Crippen LogP contribution in [0.3, 0.4) is 0 Å². The minimum atomic E-state index is -0.988. The van der Waals surface area contributed by atoms with Crippen molar-refractivity contribution in [2.75, 3.05) is 26.2 Å². The van der Waals surface area contributed by atoms with Crippen LogP contribution in [-0.4, -0.2) is 42.9 Å². The molecule has 0 bridgehead atoms. The number of hydrogen-bond acceptors (Lipinski definition) is 4. The smallest absolute Gasteiger partial charge is 0.325 e. The van der Waals surface area contributed by atoms with Crippen molar-refractivity contribution >= 4 is 18.4 Å². The fraction of sp³-hybridized carbons (Fsp3) is 0.462. The summed E-state index contributed by atoms with van der Waals surface area (Å²) in [6.07, 6.45) is 0.340. The van der Waals surface area contributed by atoms with Gasteiger partial charge in [0.1, 0.15) is 17.1 Å². The molecule has 0 aromatic heterocycles. The number of rotatable bonds is 5. The van der Waals surface area contributed by atoms with Crippen molar-refractivity contribution < 1.29 is 19.0 Å². The number of hydrogen-bond donors (Lipinski definition) is 3. The maximum atomic E-state index is 12.7. The minimum Gasteiger partial charge on any atom is -0.494 e. The van der Waals surface area contributed by atoms with E-state index in [9.17, 15) is 14.3 Å². The lowest BCUT2D eigenvalue weighted by atomic mass is 9.94. The van der Waals surface area contributed by atoms with Gasteiger partial charge in [-0.2, -0.15) is 0 Å². The van der Waals surface area contributed by atoms with Crippen LogP contribution in [0.2, 0.25) is 0 Å². The molecule has 1 aliphatic rings. The Morgan fingerprint density at radius 2 is 2.05 bits per heavy atom. The van der Waals surface area contributed by atoms with Gasteiger partial charge in [0, 0.05) is 26.1 Å². The molecule has 0 unspecified atom stereocenters. The zero-order valence-electron chi connectivity index (χ0n) is 10.9. The van der Waals surface area contributed by atoms with E-state index in [4.69, 9.17) is 4.74 Å². The third kappa shape index (κ3) is 4.06. The summed E-state index contributed by atoms with van der Waals surface area (Å²) in [5.74, 6) is -0.680. The summed E-state index contributed by atoms with van der Waals surface area (Å²) in [6, 6.07) is 5.66. The van der Waals surface area contributed by atoms with E-state index in [1.165, 1.54) is 24.3 Å². The third-order valence-corrected chi connectivity index (χ3v) is 3.21. The quantitative estimate of drug-likeness (QED) is 0.758. The average molecular weight is 305 g/mol. The average Bonchev–Trinajstić information content (AvgIpc) is 2.42. The summed E-state index contributed by atoms with van der Waals surface area (Å²) in [5.41, 5.74) is -0.988. The highest BCUT2D eigenvalue weighted by molar-refractivity contribution is 5.85. The van der Waals surface area contributed by atoms with Gasteiger partial charge in [0.15, 0.2) is 0 Å². The fourth-order valence-corrected chi connectivity index (χ4v) is 2.06. The number of carboxylic acids is 1. The molecule has 1 saturated heterocycles.